The van der Waals surface area contributed by atoms with Crippen molar-refractivity contribution in [1.82, 2.24) is 0 Å². The van der Waals surface area contributed by atoms with Gasteiger partial charge in [0.15, 0.2) is 0 Å². The van der Waals surface area contributed by atoms with E-state index in [4.69, 9.17) is 22.7 Å². The van der Waals surface area contributed by atoms with Gasteiger partial charge >= 0.3 is 0 Å². The van der Waals surface area contributed by atoms with Gasteiger partial charge in [-0.1, -0.05) is 26.1 Å². The lowest BCUT2D eigenvalue weighted by Crippen LogP contribution is -2.32. The molecule has 2 nitrogen and oxygen atoms in total. The first-order valence-electron chi connectivity index (χ1n) is 4.59. The Morgan fingerprint density at radius 3 is 2.00 bits per heavy atom. The van der Waals surface area contributed by atoms with Crippen LogP contribution < -0.4 is 5.73 Å². The molecule has 0 rings (SSSR count). The lowest BCUT2D eigenvalue weighted by atomic mass is 9.90. The van der Waals surface area contributed by atoms with Crippen LogP contribution in [0.5, 0.6) is 0 Å². The minimum absolute atomic E-state index is 0.0771. The van der Waals surface area contributed by atoms with Gasteiger partial charge in [-0.3, -0.25) is 0 Å². The Hall–Kier alpha value is -0.150. The maximum absolute atomic E-state index is 5.60. The second-order valence-corrected chi connectivity index (χ2v) is 5.40. The smallest absolute Gasteiger partial charge is 0.0785 e. The maximum Gasteiger partial charge on any atom is 0.0785 e. The van der Waals surface area contributed by atoms with Crippen molar-refractivity contribution in [1.29, 1.82) is 0 Å². The van der Waals surface area contributed by atoms with E-state index in [1.54, 1.807) is 0 Å². The highest BCUT2D eigenvalue weighted by Crippen LogP contribution is 2.21. The highest BCUT2D eigenvalue weighted by atomic mass is 32.1. The monoisotopic (exact) mass is 203 g/mol. The summed E-state index contributed by atoms with van der Waals surface area (Å²) >= 11 is 4.96. The number of thiocarbonyl (C=S) groups is 1. The number of hydrogen-bond acceptors (Lipinski definition) is 2. The van der Waals surface area contributed by atoms with Crippen LogP contribution in [0.2, 0.25) is 0 Å². The van der Waals surface area contributed by atoms with Gasteiger partial charge in [0.05, 0.1) is 10.6 Å². The molecular formula is C10H21NOS. The second kappa shape index (κ2) is 4.38. The Bertz CT molecular complexity index is 182. The lowest BCUT2D eigenvalue weighted by molar-refractivity contribution is -0.0106. The molecule has 3 heteroatoms. The van der Waals surface area contributed by atoms with Gasteiger partial charge in [-0.25, -0.2) is 0 Å². The molecule has 13 heavy (non-hydrogen) atoms. The molecule has 0 aliphatic heterocycles. The normalized spacial score (nSPS) is 13.0. The maximum atomic E-state index is 5.60. The highest BCUT2D eigenvalue weighted by Gasteiger charge is 2.22. The van der Waals surface area contributed by atoms with Gasteiger partial charge in [0, 0.05) is 12.0 Å². The summed E-state index contributed by atoms with van der Waals surface area (Å²) in [6.45, 7) is 10.9. The minimum atomic E-state index is -0.0966. The van der Waals surface area contributed by atoms with E-state index in [-0.39, 0.29) is 11.0 Å². The molecule has 0 bridgehead atoms. The van der Waals surface area contributed by atoms with Gasteiger partial charge in [0.2, 0.25) is 0 Å². The van der Waals surface area contributed by atoms with Crippen LogP contribution in [0.4, 0.5) is 0 Å². The molecule has 78 valence electrons. The van der Waals surface area contributed by atoms with Crippen LogP contribution >= 0.6 is 12.2 Å². The van der Waals surface area contributed by atoms with Gasteiger partial charge < -0.3 is 10.5 Å². The first kappa shape index (κ1) is 12.8. The second-order valence-electron chi connectivity index (χ2n) is 4.96. The molecular weight excluding hydrogens is 182 g/mol. The molecule has 0 aliphatic carbocycles. The molecule has 0 unspecified atom stereocenters. The van der Waals surface area contributed by atoms with Gasteiger partial charge in [-0.05, 0) is 27.2 Å². The summed E-state index contributed by atoms with van der Waals surface area (Å²) in [5.41, 5.74) is 5.42. The Labute approximate surface area is 86.8 Å². The van der Waals surface area contributed by atoms with E-state index in [0.29, 0.717) is 11.6 Å². The molecule has 0 saturated carbocycles. The molecule has 0 aliphatic rings. The molecule has 2 N–H and O–H groups in total. The number of rotatable bonds is 4. The molecule has 0 amide bonds. The Morgan fingerprint density at radius 1 is 1.23 bits per heavy atom. The van der Waals surface area contributed by atoms with Crippen LogP contribution in [0, 0.1) is 5.41 Å². The SMILES string of the molecule is CC(C)(C)OCCC(C)(C)C(N)=S. The van der Waals surface area contributed by atoms with Crippen molar-refractivity contribution in [2.45, 2.75) is 46.6 Å². The van der Waals surface area contributed by atoms with Crippen LogP contribution in [0.25, 0.3) is 0 Å². The average molecular weight is 203 g/mol. The van der Waals surface area contributed by atoms with Gasteiger partial charge in [-0.2, -0.15) is 0 Å². The molecule has 0 spiro atoms. The summed E-state index contributed by atoms with van der Waals surface area (Å²) in [5.74, 6) is 0. The number of ether oxygens (including phenoxy) is 1. The summed E-state index contributed by atoms with van der Waals surface area (Å²) in [6, 6.07) is 0. The van der Waals surface area contributed by atoms with Crippen LogP contribution in [0.3, 0.4) is 0 Å². The molecule has 0 aromatic carbocycles. The van der Waals surface area contributed by atoms with Crippen molar-refractivity contribution in [3.8, 4) is 0 Å². The van der Waals surface area contributed by atoms with Crippen molar-refractivity contribution >= 4 is 17.2 Å². The molecule has 0 heterocycles. The van der Waals surface area contributed by atoms with Crippen molar-refractivity contribution in [3.63, 3.8) is 0 Å². The van der Waals surface area contributed by atoms with E-state index in [9.17, 15) is 0 Å². The fraction of sp³-hybridized carbons (Fsp3) is 0.900. The van der Waals surface area contributed by atoms with Crippen LogP contribution in [0.1, 0.15) is 41.0 Å². The van der Waals surface area contributed by atoms with Gasteiger partial charge in [0.1, 0.15) is 0 Å². The van der Waals surface area contributed by atoms with E-state index < -0.39 is 0 Å². The zero-order chi connectivity index (χ0) is 10.7. The Balaban J connectivity index is 3.84. The summed E-state index contributed by atoms with van der Waals surface area (Å²) in [6.07, 6.45) is 0.875. The first-order chi connectivity index (χ1) is 5.65. The summed E-state index contributed by atoms with van der Waals surface area (Å²) in [7, 11) is 0. The van der Waals surface area contributed by atoms with Crippen molar-refractivity contribution < 1.29 is 4.74 Å². The van der Waals surface area contributed by atoms with Gasteiger partial charge in [-0.15, -0.1) is 0 Å². The minimum Gasteiger partial charge on any atom is -0.393 e. The summed E-state index contributed by atoms with van der Waals surface area (Å²) in [4.78, 5) is 0.560. The van der Waals surface area contributed by atoms with E-state index in [1.807, 2.05) is 34.6 Å². The van der Waals surface area contributed by atoms with Crippen molar-refractivity contribution in [2.24, 2.45) is 11.1 Å². The zero-order valence-corrected chi connectivity index (χ0v) is 10.1. The van der Waals surface area contributed by atoms with E-state index in [0.717, 1.165) is 6.42 Å². The summed E-state index contributed by atoms with van der Waals surface area (Å²) in [5, 5.41) is 0. The zero-order valence-electron chi connectivity index (χ0n) is 9.31. The molecule has 0 radical (unpaired) electrons. The highest BCUT2D eigenvalue weighted by molar-refractivity contribution is 7.80. The topological polar surface area (TPSA) is 35.2 Å². The van der Waals surface area contributed by atoms with E-state index in [1.165, 1.54) is 0 Å². The Kier molecular flexibility index (Phi) is 4.33. The molecule has 0 saturated heterocycles. The first-order valence-corrected chi connectivity index (χ1v) is 5.00. The van der Waals surface area contributed by atoms with Crippen LogP contribution in [-0.4, -0.2) is 17.2 Å². The predicted molar refractivity (Wildman–Crippen MR) is 60.9 cm³/mol. The summed E-state index contributed by atoms with van der Waals surface area (Å²) < 4.78 is 5.60. The quantitative estimate of drug-likeness (QED) is 0.713. The molecule has 0 atom stereocenters. The third-order valence-corrected chi connectivity index (χ3v) is 2.48. The third kappa shape index (κ3) is 5.99. The van der Waals surface area contributed by atoms with Crippen LogP contribution in [-0.2, 0) is 4.74 Å². The largest absolute Gasteiger partial charge is 0.393 e. The van der Waals surface area contributed by atoms with Crippen LogP contribution in [0.15, 0.2) is 0 Å². The van der Waals surface area contributed by atoms with E-state index >= 15 is 0 Å². The van der Waals surface area contributed by atoms with Crippen molar-refractivity contribution in [2.75, 3.05) is 6.61 Å². The standard InChI is InChI=1S/C10H21NOS/c1-9(2,3)12-7-6-10(4,5)8(11)13/h6-7H2,1-5H3,(H2,11,13). The van der Waals surface area contributed by atoms with Crippen molar-refractivity contribution in [3.05, 3.63) is 0 Å². The number of hydrogen-bond donors (Lipinski definition) is 1. The molecule has 0 aromatic heterocycles. The predicted octanol–water partition coefficient (Wildman–Crippen LogP) is 2.50. The average Bonchev–Trinajstić information content (AvgIpc) is 1.82. The number of nitrogens with two attached hydrogens (primary N) is 1. The Morgan fingerprint density at radius 2 is 1.69 bits per heavy atom. The molecule has 0 fully saturated rings. The fourth-order valence-corrected chi connectivity index (χ4v) is 0.838. The third-order valence-electron chi connectivity index (χ3n) is 1.93. The van der Waals surface area contributed by atoms with Gasteiger partial charge in [0.25, 0.3) is 0 Å². The van der Waals surface area contributed by atoms with E-state index in [2.05, 4.69) is 0 Å². The molecule has 0 aromatic rings. The lowest BCUT2D eigenvalue weighted by Gasteiger charge is -2.26. The fourth-order valence-electron chi connectivity index (χ4n) is 0.736.